The van der Waals surface area contributed by atoms with Gasteiger partial charge in [0.05, 0.1) is 16.1 Å². The summed E-state index contributed by atoms with van der Waals surface area (Å²) in [6, 6.07) is 10.0. The maximum atomic E-state index is 13.1. The Morgan fingerprint density at radius 3 is 2.84 bits per heavy atom. The summed E-state index contributed by atoms with van der Waals surface area (Å²) in [7, 11) is 0. The van der Waals surface area contributed by atoms with E-state index in [1.54, 1.807) is 6.07 Å². The van der Waals surface area contributed by atoms with Crippen LogP contribution in [0.25, 0.3) is 22.4 Å². The van der Waals surface area contributed by atoms with E-state index in [1.807, 2.05) is 18.2 Å². The fourth-order valence-corrected chi connectivity index (χ4v) is 2.32. The highest BCUT2D eigenvalue weighted by Crippen LogP contribution is 2.28. The molecule has 0 aliphatic rings. The normalized spacial score (nSPS) is 11.1. The van der Waals surface area contributed by atoms with Crippen molar-refractivity contribution in [3.8, 4) is 11.4 Å². The minimum Gasteiger partial charge on any atom is -0.338 e. The van der Waals surface area contributed by atoms with Crippen LogP contribution >= 0.6 is 11.6 Å². The second kappa shape index (κ2) is 4.64. The van der Waals surface area contributed by atoms with Gasteiger partial charge in [0, 0.05) is 12.1 Å². The lowest BCUT2D eigenvalue weighted by molar-refractivity contribution is 0.628. The number of aromatic amines is 1. The number of nitrogens with one attached hydrogen (secondary N) is 1. The van der Waals surface area contributed by atoms with Gasteiger partial charge in [0.15, 0.2) is 0 Å². The van der Waals surface area contributed by atoms with Crippen LogP contribution in [-0.4, -0.2) is 9.97 Å². The zero-order valence-electron chi connectivity index (χ0n) is 9.95. The molecule has 3 rings (SSSR count). The van der Waals surface area contributed by atoms with E-state index in [0.29, 0.717) is 23.0 Å². The highest BCUT2D eigenvalue weighted by Gasteiger charge is 2.11. The number of para-hydroxylation sites is 1. The van der Waals surface area contributed by atoms with Crippen LogP contribution in [0.2, 0.25) is 5.02 Å². The molecular weight excluding hydrogens is 265 g/mol. The number of aromatic nitrogens is 2. The van der Waals surface area contributed by atoms with Gasteiger partial charge in [-0.25, -0.2) is 9.37 Å². The van der Waals surface area contributed by atoms with Crippen molar-refractivity contribution in [1.29, 1.82) is 0 Å². The van der Waals surface area contributed by atoms with E-state index in [2.05, 4.69) is 9.97 Å². The molecule has 0 saturated heterocycles. The van der Waals surface area contributed by atoms with Crippen molar-refractivity contribution in [3.05, 3.63) is 52.8 Å². The Kier molecular flexibility index (Phi) is 2.97. The minimum atomic E-state index is -0.368. The minimum absolute atomic E-state index is 0.327. The number of halogens is 2. The maximum absolute atomic E-state index is 13.1. The first-order chi connectivity index (χ1) is 9.19. The molecule has 0 fully saturated rings. The van der Waals surface area contributed by atoms with Crippen molar-refractivity contribution in [2.45, 2.75) is 6.54 Å². The molecule has 1 heterocycles. The molecular formula is C14H11ClFN3. The Hall–Kier alpha value is -1.91. The number of nitrogens with zero attached hydrogens (tertiary/aromatic N) is 1. The maximum Gasteiger partial charge on any atom is 0.140 e. The number of fused-ring (bicyclic) bond motifs is 1. The average Bonchev–Trinajstić information content (AvgIpc) is 2.81. The van der Waals surface area contributed by atoms with E-state index in [-0.39, 0.29) is 5.82 Å². The van der Waals surface area contributed by atoms with Crippen molar-refractivity contribution in [3.63, 3.8) is 0 Å². The van der Waals surface area contributed by atoms with Crippen molar-refractivity contribution in [2.24, 2.45) is 5.73 Å². The molecule has 0 saturated carbocycles. The number of hydrogen-bond acceptors (Lipinski definition) is 2. The highest BCUT2D eigenvalue weighted by molar-refractivity contribution is 6.33. The molecule has 0 amide bonds. The van der Waals surface area contributed by atoms with Crippen LogP contribution < -0.4 is 5.73 Å². The predicted molar refractivity (Wildman–Crippen MR) is 74.4 cm³/mol. The molecule has 1 aromatic heterocycles. The molecule has 0 bridgehead atoms. The van der Waals surface area contributed by atoms with E-state index in [0.717, 1.165) is 16.6 Å². The molecule has 0 spiro atoms. The second-order valence-corrected chi connectivity index (χ2v) is 4.63. The molecule has 5 heteroatoms. The summed E-state index contributed by atoms with van der Waals surface area (Å²) in [6.07, 6.45) is 0. The topological polar surface area (TPSA) is 54.7 Å². The first-order valence-corrected chi connectivity index (χ1v) is 6.20. The number of benzene rings is 2. The standard InChI is InChI=1S/C14H11ClFN3/c15-11-6-9(16)4-5-10(11)14-18-12-3-1-2-8(7-17)13(12)19-14/h1-6H,7,17H2,(H,18,19). The lowest BCUT2D eigenvalue weighted by Crippen LogP contribution is -1.96. The zero-order chi connectivity index (χ0) is 13.4. The number of H-pyrrole nitrogens is 1. The molecule has 19 heavy (non-hydrogen) atoms. The Bertz CT molecular complexity index is 752. The SMILES string of the molecule is NCc1cccc2[nH]c(-c3ccc(F)cc3Cl)nc12. The fourth-order valence-electron chi connectivity index (χ4n) is 2.07. The number of imidazole rings is 1. The fraction of sp³-hybridized carbons (Fsp3) is 0.0714. The van der Waals surface area contributed by atoms with Gasteiger partial charge in [0.1, 0.15) is 11.6 Å². The summed E-state index contributed by atoms with van der Waals surface area (Å²) >= 11 is 6.04. The molecule has 0 unspecified atom stereocenters. The lowest BCUT2D eigenvalue weighted by Gasteiger charge is -1.99. The number of rotatable bonds is 2. The van der Waals surface area contributed by atoms with E-state index >= 15 is 0 Å². The van der Waals surface area contributed by atoms with Crippen molar-refractivity contribution in [2.75, 3.05) is 0 Å². The van der Waals surface area contributed by atoms with Gasteiger partial charge in [-0.15, -0.1) is 0 Å². The van der Waals surface area contributed by atoms with Crippen LogP contribution in [0.1, 0.15) is 5.56 Å². The molecule has 0 radical (unpaired) electrons. The van der Waals surface area contributed by atoms with E-state index < -0.39 is 0 Å². The van der Waals surface area contributed by atoms with Crippen LogP contribution in [0.3, 0.4) is 0 Å². The Morgan fingerprint density at radius 2 is 2.11 bits per heavy atom. The summed E-state index contributed by atoms with van der Waals surface area (Å²) in [5, 5.41) is 0.327. The van der Waals surface area contributed by atoms with E-state index in [4.69, 9.17) is 17.3 Å². The molecule has 3 N–H and O–H groups in total. The van der Waals surface area contributed by atoms with Crippen molar-refractivity contribution >= 4 is 22.6 Å². The van der Waals surface area contributed by atoms with Crippen LogP contribution in [0.4, 0.5) is 4.39 Å². The van der Waals surface area contributed by atoms with Gasteiger partial charge in [-0.05, 0) is 29.8 Å². The Balaban J connectivity index is 2.20. The van der Waals surface area contributed by atoms with Gasteiger partial charge in [-0.2, -0.15) is 0 Å². The third-order valence-corrected chi connectivity index (χ3v) is 3.32. The van der Waals surface area contributed by atoms with Gasteiger partial charge in [-0.3, -0.25) is 0 Å². The average molecular weight is 276 g/mol. The van der Waals surface area contributed by atoms with Crippen molar-refractivity contribution in [1.82, 2.24) is 9.97 Å². The van der Waals surface area contributed by atoms with Gasteiger partial charge in [-0.1, -0.05) is 23.7 Å². The second-order valence-electron chi connectivity index (χ2n) is 4.23. The summed E-state index contributed by atoms with van der Waals surface area (Å²) < 4.78 is 13.1. The molecule has 3 nitrogen and oxygen atoms in total. The van der Waals surface area contributed by atoms with Crippen molar-refractivity contribution < 1.29 is 4.39 Å². The summed E-state index contributed by atoms with van der Waals surface area (Å²) in [5.41, 5.74) is 9.02. The van der Waals surface area contributed by atoms with Gasteiger partial charge >= 0.3 is 0 Å². The first kappa shape index (κ1) is 12.1. The molecule has 0 aliphatic heterocycles. The van der Waals surface area contributed by atoms with E-state index in [9.17, 15) is 4.39 Å². The van der Waals surface area contributed by atoms with Gasteiger partial charge < -0.3 is 10.7 Å². The van der Waals surface area contributed by atoms with E-state index in [1.165, 1.54) is 12.1 Å². The lowest BCUT2D eigenvalue weighted by atomic mass is 10.2. The van der Waals surface area contributed by atoms with Crippen LogP contribution in [0, 0.1) is 5.82 Å². The predicted octanol–water partition coefficient (Wildman–Crippen LogP) is 3.48. The highest BCUT2D eigenvalue weighted by atomic mass is 35.5. The molecule has 0 aliphatic carbocycles. The first-order valence-electron chi connectivity index (χ1n) is 5.82. The quantitative estimate of drug-likeness (QED) is 0.752. The van der Waals surface area contributed by atoms with Crippen LogP contribution in [0.5, 0.6) is 0 Å². The smallest absolute Gasteiger partial charge is 0.140 e. The molecule has 2 aromatic carbocycles. The molecule has 3 aromatic rings. The van der Waals surface area contributed by atoms with Gasteiger partial charge in [0.2, 0.25) is 0 Å². The Labute approximate surface area is 114 Å². The monoisotopic (exact) mass is 275 g/mol. The number of nitrogens with two attached hydrogens (primary N) is 1. The summed E-state index contributed by atoms with van der Waals surface area (Å²) in [4.78, 5) is 7.68. The molecule has 0 atom stereocenters. The third kappa shape index (κ3) is 2.09. The summed E-state index contributed by atoms with van der Waals surface area (Å²) in [6.45, 7) is 0.415. The third-order valence-electron chi connectivity index (χ3n) is 3.00. The molecule has 96 valence electrons. The zero-order valence-corrected chi connectivity index (χ0v) is 10.7. The van der Waals surface area contributed by atoms with Crippen LogP contribution in [-0.2, 0) is 6.54 Å². The largest absolute Gasteiger partial charge is 0.338 e. The van der Waals surface area contributed by atoms with Crippen LogP contribution in [0.15, 0.2) is 36.4 Å². The summed E-state index contributed by atoms with van der Waals surface area (Å²) in [5.74, 6) is 0.244. The number of hydrogen-bond donors (Lipinski definition) is 2. The van der Waals surface area contributed by atoms with Gasteiger partial charge in [0.25, 0.3) is 0 Å². The Morgan fingerprint density at radius 1 is 1.26 bits per heavy atom.